The van der Waals surface area contributed by atoms with E-state index in [4.69, 9.17) is 39.8 Å². The van der Waals surface area contributed by atoms with Gasteiger partial charge in [0.05, 0.1) is 29.3 Å². The van der Waals surface area contributed by atoms with Gasteiger partial charge in [0.2, 0.25) is 0 Å². The van der Waals surface area contributed by atoms with Crippen LogP contribution in [0, 0.1) is 0 Å². The first kappa shape index (κ1) is 22.5. The summed E-state index contributed by atoms with van der Waals surface area (Å²) in [5.74, 6) is 0.395. The average molecular weight is 404 g/mol. The van der Waals surface area contributed by atoms with Gasteiger partial charge in [-0.15, -0.1) is 0 Å². The number of aliphatic hydroxyl groups is 2. The number of halogens is 2. The van der Waals surface area contributed by atoms with Crippen LogP contribution in [0.3, 0.4) is 0 Å². The first-order valence-corrected chi connectivity index (χ1v) is 9.27. The molecule has 0 aromatic heterocycles. The van der Waals surface area contributed by atoms with Crippen molar-refractivity contribution in [1.82, 2.24) is 5.32 Å². The number of nitrogens with zero attached hydrogens (tertiary/aromatic N) is 2. The minimum absolute atomic E-state index is 0.176. The molecule has 1 unspecified atom stereocenters. The Hall–Kier alpha value is -1.54. The molecule has 0 spiro atoms. The van der Waals surface area contributed by atoms with Gasteiger partial charge < -0.3 is 21.7 Å². The maximum atomic E-state index is 9.23. The summed E-state index contributed by atoms with van der Waals surface area (Å²) in [6.45, 7) is 0.755. The second-order valence-electron chi connectivity index (χ2n) is 5.88. The highest BCUT2D eigenvalue weighted by Crippen LogP contribution is 2.22. The van der Waals surface area contributed by atoms with Crippen LogP contribution in [0.4, 0.5) is 0 Å². The lowest BCUT2D eigenvalue weighted by Gasteiger charge is -2.06. The third-order valence-electron chi connectivity index (χ3n) is 3.61. The van der Waals surface area contributed by atoms with Crippen molar-refractivity contribution >= 4 is 35.1 Å². The highest BCUT2D eigenvalue weighted by atomic mass is 35.5. The van der Waals surface area contributed by atoms with Crippen molar-refractivity contribution in [2.75, 3.05) is 13.2 Å². The highest BCUT2D eigenvalue weighted by Gasteiger charge is 2.01. The number of nitrogens with two attached hydrogens (primary N) is 2. The van der Waals surface area contributed by atoms with Gasteiger partial charge in [-0.3, -0.25) is 10.3 Å². The maximum Gasteiger partial charge on any atom is 0.195 e. The van der Waals surface area contributed by atoms with Crippen molar-refractivity contribution in [3.8, 4) is 0 Å². The summed E-state index contributed by atoms with van der Waals surface area (Å²) < 4.78 is 0. The second kappa shape index (κ2) is 12.8. The van der Waals surface area contributed by atoms with Gasteiger partial charge in [0.15, 0.2) is 11.9 Å². The van der Waals surface area contributed by atoms with Crippen LogP contribution in [0.15, 0.2) is 28.2 Å². The summed E-state index contributed by atoms with van der Waals surface area (Å²) in [5, 5.41) is 21.6. The molecule has 1 aromatic carbocycles. The topological polar surface area (TPSA) is 129 Å². The molecular formula is C17H27Cl2N5O2. The molecule has 0 radical (unpaired) electrons. The van der Waals surface area contributed by atoms with Crippen LogP contribution in [-0.4, -0.2) is 41.4 Å². The number of hydrogen-bond donors (Lipinski definition) is 5. The Morgan fingerprint density at radius 3 is 2.42 bits per heavy atom. The number of benzene rings is 1. The van der Waals surface area contributed by atoms with Crippen LogP contribution >= 0.6 is 23.2 Å². The fraction of sp³-hybridized carbons (Fsp3) is 0.529. The Morgan fingerprint density at radius 1 is 1.04 bits per heavy atom. The minimum atomic E-state index is -0.612. The number of rotatable bonds is 10. The molecule has 0 saturated heterocycles. The predicted molar refractivity (Wildman–Crippen MR) is 108 cm³/mol. The fourth-order valence-electron chi connectivity index (χ4n) is 2.16. The molecule has 0 bridgehead atoms. The van der Waals surface area contributed by atoms with Crippen molar-refractivity contribution in [3.63, 3.8) is 0 Å². The molecule has 1 atom stereocenters. The summed E-state index contributed by atoms with van der Waals surface area (Å²) in [6.07, 6.45) is 3.74. The number of guanidine groups is 2. The fourth-order valence-corrected chi connectivity index (χ4v) is 2.48. The molecule has 7 nitrogen and oxygen atoms in total. The predicted octanol–water partition coefficient (Wildman–Crippen LogP) is 2.02. The number of unbranched alkanes of at least 4 members (excludes halogenated alkanes) is 3. The molecular weight excluding hydrogens is 377 g/mol. The van der Waals surface area contributed by atoms with Gasteiger partial charge in [0, 0.05) is 6.54 Å². The molecule has 0 aliphatic rings. The molecule has 9 heteroatoms. The van der Waals surface area contributed by atoms with E-state index in [-0.39, 0.29) is 18.5 Å². The van der Waals surface area contributed by atoms with Crippen LogP contribution in [0.2, 0.25) is 10.0 Å². The van der Waals surface area contributed by atoms with Crippen LogP contribution in [0.1, 0.15) is 37.7 Å². The van der Waals surface area contributed by atoms with Gasteiger partial charge in [-0.05, 0) is 30.5 Å². The van der Waals surface area contributed by atoms with Crippen LogP contribution in [0.5, 0.6) is 0 Å². The molecule has 7 N–H and O–H groups in total. The van der Waals surface area contributed by atoms with E-state index in [9.17, 15) is 5.11 Å². The van der Waals surface area contributed by atoms with E-state index in [1.807, 2.05) is 6.07 Å². The van der Waals surface area contributed by atoms with Crippen molar-refractivity contribution in [3.05, 3.63) is 33.8 Å². The number of nitrogens with one attached hydrogen (secondary N) is 1. The van der Waals surface area contributed by atoms with Gasteiger partial charge in [-0.1, -0.05) is 48.5 Å². The first-order chi connectivity index (χ1) is 12.4. The third-order valence-corrected chi connectivity index (χ3v) is 4.35. The van der Waals surface area contributed by atoms with E-state index in [0.29, 0.717) is 29.6 Å². The highest BCUT2D eigenvalue weighted by molar-refractivity contribution is 6.42. The van der Waals surface area contributed by atoms with Crippen molar-refractivity contribution in [1.29, 1.82) is 0 Å². The van der Waals surface area contributed by atoms with Gasteiger partial charge in [0.25, 0.3) is 0 Å². The van der Waals surface area contributed by atoms with Crippen molar-refractivity contribution < 1.29 is 10.2 Å². The van der Waals surface area contributed by atoms with Gasteiger partial charge in [0.1, 0.15) is 0 Å². The molecule has 0 fully saturated rings. The Kier molecular flexibility index (Phi) is 11.0. The quantitative estimate of drug-likeness (QED) is 0.231. The lowest BCUT2D eigenvalue weighted by molar-refractivity contribution is 0.0860. The van der Waals surface area contributed by atoms with E-state index < -0.39 is 6.10 Å². The smallest absolute Gasteiger partial charge is 0.195 e. The zero-order valence-corrected chi connectivity index (χ0v) is 16.2. The third kappa shape index (κ3) is 9.82. The summed E-state index contributed by atoms with van der Waals surface area (Å²) >= 11 is 11.8. The zero-order chi connectivity index (χ0) is 19.4. The van der Waals surface area contributed by atoms with E-state index in [1.165, 1.54) is 0 Å². The SMILES string of the molecule is NC(=NCCCCCCC(O)CO)NC(N)=NCc1ccc(Cl)c(Cl)c1. The minimum Gasteiger partial charge on any atom is -0.394 e. The normalized spacial score (nSPS) is 13.7. The molecule has 0 heterocycles. The van der Waals surface area contributed by atoms with E-state index in [0.717, 1.165) is 31.2 Å². The van der Waals surface area contributed by atoms with E-state index in [1.54, 1.807) is 12.1 Å². The number of hydrogen-bond acceptors (Lipinski definition) is 4. The molecule has 146 valence electrons. The maximum absolute atomic E-state index is 9.23. The van der Waals surface area contributed by atoms with Gasteiger partial charge in [-0.25, -0.2) is 4.99 Å². The summed E-state index contributed by atoms with van der Waals surface area (Å²) in [6, 6.07) is 5.26. The lowest BCUT2D eigenvalue weighted by Crippen LogP contribution is -2.41. The standard InChI is InChI=1S/C17H27Cl2N5O2/c18-14-7-6-12(9-15(14)19)10-23-17(21)24-16(20)22-8-4-2-1-3-5-13(26)11-25/h6-7,9,13,25-26H,1-5,8,10-11H2,(H5,20,21,22,23,24). The van der Waals surface area contributed by atoms with E-state index >= 15 is 0 Å². The monoisotopic (exact) mass is 403 g/mol. The van der Waals surface area contributed by atoms with Gasteiger partial charge in [-0.2, -0.15) is 0 Å². The van der Waals surface area contributed by atoms with Gasteiger partial charge >= 0.3 is 0 Å². The average Bonchev–Trinajstić information content (AvgIpc) is 2.61. The zero-order valence-electron chi connectivity index (χ0n) is 14.7. The Labute approximate surface area is 164 Å². The molecule has 26 heavy (non-hydrogen) atoms. The van der Waals surface area contributed by atoms with Crippen molar-refractivity contribution in [2.45, 2.75) is 44.8 Å². The Morgan fingerprint density at radius 2 is 1.73 bits per heavy atom. The van der Waals surface area contributed by atoms with Crippen LogP contribution in [-0.2, 0) is 6.54 Å². The second-order valence-corrected chi connectivity index (χ2v) is 6.70. The summed E-state index contributed by atoms with van der Waals surface area (Å²) in [5.41, 5.74) is 12.4. The summed E-state index contributed by atoms with van der Waals surface area (Å²) in [7, 11) is 0. The Bertz CT molecular complexity index is 611. The van der Waals surface area contributed by atoms with Crippen molar-refractivity contribution in [2.24, 2.45) is 21.5 Å². The first-order valence-electron chi connectivity index (χ1n) is 8.52. The van der Waals surface area contributed by atoms with Crippen LogP contribution < -0.4 is 16.8 Å². The molecule has 1 aromatic rings. The molecule has 0 amide bonds. The molecule has 1 rings (SSSR count). The molecule has 0 aliphatic carbocycles. The Balaban J connectivity index is 2.24. The van der Waals surface area contributed by atoms with E-state index in [2.05, 4.69) is 15.3 Å². The largest absolute Gasteiger partial charge is 0.394 e. The number of aliphatic hydroxyl groups excluding tert-OH is 2. The molecule has 0 saturated carbocycles. The summed E-state index contributed by atoms with van der Waals surface area (Å²) in [4.78, 5) is 8.36. The van der Waals surface area contributed by atoms with Crippen LogP contribution in [0.25, 0.3) is 0 Å². The number of aliphatic imine (C=N–C) groups is 2. The molecule has 0 aliphatic heterocycles. The lowest BCUT2D eigenvalue weighted by atomic mass is 10.1.